The second-order valence-corrected chi connectivity index (χ2v) is 5.87. The highest BCUT2D eigenvalue weighted by Crippen LogP contribution is 2.32. The predicted octanol–water partition coefficient (Wildman–Crippen LogP) is 4.03. The third-order valence-electron chi connectivity index (χ3n) is 4.47. The summed E-state index contributed by atoms with van der Waals surface area (Å²) in [4.78, 5) is 7.20. The van der Waals surface area contributed by atoms with Crippen LogP contribution in [0.2, 0.25) is 0 Å². The Labute approximate surface area is 161 Å². The zero-order valence-corrected chi connectivity index (χ0v) is 16.9. The number of pyridine rings is 1. The number of halogens is 2. The van der Waals surface area contributed by atoms with Crippen molar-refractivity contribution in [2.75, 3.05) is 31.5 Å². The molecule has 0 bridgehead atoms. The second kappa shape index (κ2) is 9.22. The molecular weight excluding hydrogens is 357 g/mol. The van der Waals surface area contributed by atoms with Gasteiger partial charge in [0.15, 0.2) is 5.65 Å². The fraction of sp³-hybridized carbons (Fsp3) is 0.444. The SMILES string of the molecule is CCN(CC)CCNc1c2ccccc2nc2c1c(C)nn2C.Cl.Cl. The summed E-state index contributed by atoms with van der Waals surface area (Å²) >= 11 is 0. The normalized spacial score (nSPS) is 10.8. The smallest absolute Gasteiger partial charge is 0.160 e. The number of hydrogen-bond donors (Lipinski definition) is 1. The Balaban J connectivity index is 0.00000156. The van der Waals surface area contributed by atoms with E-state index in [4.69, 9.17) is 4.98 Å². The summed E-state index contributed by atoms with van der Waals surface area (Å²) in [5.74, 6) is 0. The molecule has 2 heterocycles. The quantitative estimate of drug-likeness (QED) is 0.697. The van der Waals surface area contributed by atoms with Crippen molar-refractivity contribution in [1.82, 2.24) is 19.7 Å². The molecule has 5 nitrogen and oxygen atoms in total. The van der Waals surface area contributed by atoms with Gasteiger partial charge in [0.25, 0.3) is 0 Å². The zero-order valence-electron chi connectivity index (χ0n) is 15.2. The van der Waals surface area contributed by atoms with Gasteiger partial charge in [-0.25, -0.2) is 4.98 Å². The van der Waals surface area contributed by atoms with E-state index in [9.17, 15) is 0 Å². The van der Waals surface area contributed by atoms with Gasteiger partial charge in [0, 0.05) is 25.5 Å². The van der Waals surface area contributed by atoms with Gasteiger partial charge in [-0.1, -0.05) is 32.0 Å². The van der Waals surface area contributed by atoms with Crippen molar-refractivity contribution < 1.29 is 0 Å². The molecule has 3 rings (SSSR count). The molecule has 1 aromatic carbocycles. The standard InChI is InChI=1S/C18H25N5.2ClH/c1-5-23(6-2)12-11-19-17-14-9-7-8-10-15(14)20-18-16(17)13(3)21-22(18)4;;/h7-10H,5-6,11-12H2,1-4H3,(H,19,20);2*1H. The summed E-state index contributed by atoms with van der Waals surface area (Å²) in [6.45, 7) is 10.6. The fourth-order valence-electron chi connectivity index (χ4n) is 3.16. The minimum Gasteiger partial charge on any atom is -0.383 e. The van der Waals surface area contributed by atoms with Gasteiger partial charge in [-0.2, -0.15) is 5.10 Å². The van der Waals surface area contributed by atoms with Crippen molar-refractivity contribution >= 4 is 52.4 Å². The number of fused-ring (bicyclic) bond motifs is 2. The molecule has 2 aromatic heterocycles. The Hall–Kier alpha value is -1.56. The van der Waals surface area contributed by atoms with Gasteiger partial charge in [0.05, 0.1) is 22.3 Å². The van der Waals surface area contributed by atoms with E-state index in [2.05, 4.69) is 47.4 Å². The molecule has 0 amide bonds. The second-order valence-electron chi connectivity index (χ2n) is 5.87. The molecule has 1 N–H and O–H groups in total. The van der Waals surface area contributed by atoms with Crippen LogP contribution in [-0.4, -0.2) is 45.8 Å². The van der Waals surface area contributed by atoms with E-state index in [0.29, 0.717) is 0 Å². The van der Waals surface area contributed by atoms with Crippen molar-refractivity contribution in [3.8, 4) is 0 Å². The van der Waals surface area contributed by atoms with E-state index in [1.807, 2.05) is 24.7 Å². The van der Waals surface area contributed by atoms with E-state index < -0.39 is 0 Å². The lowest BCUT2D eigenvalue weighted by molar-refractivity contribution is 0.316. The van der Waals surface area contributed by atoms with E-state index in [1.54, 1.807) is 0 Å². The van der Waals surface area contributed by atoms with Gasteiger partial charge in [0.1, 0.15) is 0 Å². The number of hydrogen-bond acceptors (Lipinski definition) is 4. The van der Waals surface area contributed by atoms with Crippen molar-refractivity contribution in [2.45, 2.75) is 20.8 Å². The first kappa shape index (κ1) is 21.5. The van der Waals surface area contributed by atoms with Crippen LogP contribution < -0.4 is 5.32 Å². The van der Waals surface area contributed by atoms with Gasteiger partial charge in [-0.15, -0.1) is 24.8 Å². The summed E-state index contributed by atoms with van der Waals surface area (Å²) < 4.78 is 1.87. The number of aromatic nitrogens is 3. The summed E-state index contributed by atoms with van der Waals surface area (Å²) in [5.41, 5.74) is 4.12. The molecule has 0 saturated carbocycles. The number of nitrogens with zero attached hydrogens (tertiary/aromatic N) is 4. The minimum atomic E-state index is 0. The van der Waals surface area contributed by atoms with Crippen molar-refractivity contribution in [3.05, 3.63) is 30.0 Å². The maximum atomic E-state index is 4.78. The summed E-state index contributed by atoms with van der Waals surface area (Å²) in [7, 11) is 1.96. The summed E-state index contributed by atoms with van der Waals surface area (Å²) in [5, 5.41) is 10.5. The van der Waals surface area contributed by atoms with Crippen LogP contribution in [0, 0.1) is 6.92 Å². The maximum absolute atomic E-state index is 4.78. The first-order valence-electron chi connectivity index (χ1n) is 8.34. The molecule has 0 aliphatic rings. The molecule has 0 saturated heterocycles. The van der Waals surface area contributed by atoms with Crippen LogP contribution >= 0.6 is 24.8 Å². The minimum absolute atomic E-state index is 0. The predicted molar refractivity (Wildman–Crippen MR) is 112 cm³/mol. The highest BCUT2D eigenvalue weighted by molar-refractivity contribution is 6.07. The monoisotopic (exact) mass is 383 g/mol. The van der Waals surface area contributed by atoms with Crippen molar-refractivity contribution in [3.63, 3.8) is 0 Å². The highest BCUT2D eigenvalue weighted by Gasteiger charge is 2.15. The van der Waals surface area contributed by atoms with Crippen molar-refractivity contribution in [1.29, 1.82) is 0 Å². The molecule has 25 heavy (non-hydrogen) atoms. The van der Waals surface area contributed by atoms with E-state index in [0.717, 1.165) is 59.5 Å². The molecule has 0 aliphatic heterocycles. The van der Waals surface area contributed by atoms with Crippen LogP contribution in [0.3, 0.4) is 0 Å². The number of anilines is 1. The molecule has 138 valence electrons. The molecular formula is C18H27Cl2N5. The zero-order chi connectivity index (χ0) is 16.4. The maximum Gasteiger partial charge on any atom is 0.160 e. The van der Waals surface area contributed by atoms with Gasteiger partial charge in [-0.3, -0.25) is 4.68 Å². The van der Waals surface area contributed by atoms with Crippen LogP contribution in [-0.2, 0) is 7.05 Å². The van der Waals surface area contributed by atoms with Crippen LogP contribution in [0.15, 0.2) is 24.3 Å². The molecule has 0 fully saturated rings. The lowest BCUT2D eigenvalue weighted by atomic mass is 10.1. The Bertz CT molecular complexity index is 827. The number of benzene rings is 1. The third kappa shape index (κ3) is 4.17. The molecule has 0 atom stereocenters. The molecule has 3 aromatic rings. The van der Waals surface area contributed by atoms with Crippen LogP contribution in [0.25, 0.3) is 21.9 Å². The summed E-state index contributed by atoms with van der Waals surface area (Å²) in [6, 6.07) is 8.29. The lowest BCUT2D eigenvalue weighted by Gasteiger charge is -2.19. The van der Waals surface area contributed by atoms with Gasteiger partial charge in [-0.05, 0) is 26.1 Å². The van der Waals surface area contributed by atoms with E-state index in [-0.39, 0.29) is 24.8 Å². The Kier molecular flexibility index (Phi) is 7.93. The van der Waals surface area contributed by atoms with Crippen LogP contribution in [0.5, 0.6) is 0 Å². The van der Waals surface area contributed by atoms with Crippen LogP contribution in [0.1, 0.15) is 19.5 Å². The van der Waals surface area contributed by atoms with Crippen molar-refractivity contribution in [2.24, 2.45) is 7.05 Å². The average molecular weight is 384 g/mol. The van der Waals surface area contributed by atoms with E-state index in [1.165, 1.54) is 0 Å². The Morgan fingerprint density at radius 1 is 1.12 bits per heavy atom. The number of aryl methyl sites for hydroxylation is 2. The number of para-hydroxylation sites is 1. The van der Waals surface area contributed by atoms with E-state index >= 15 is 0 Å². The highest BCUT2D eigenvalue weighted by atomic mass is 35.5. The van der Waals surface area contributed by atoms with Crippen LogP contribution in [0.4, 0.5) is 5.69 Å². The van der Waals surface area contributed by atoms with Gasteiger partial charge < -0.3 is 10.2 Å². The molecule has 0 spiro atoms. The number of rotatable bonds is 6. The fourth-order valence-corrected chi connectivity index (χ4v) is 3.16. The van der Waals surface area contributed by atoms with Gasteiger partial charge in [0.2, 0.25) is 0 Å². The molecule has 0 unspecified atom stereocenters. The number of likely N-dealkylation sites (N-methyl/N-ethyl adjacent to an activating group) is 1. The topological polar surface area (TPSA) is 46.0 Å². The van der Waals surface area contributed by atoms with Gasteiger partial charge >= 0.3 is 0 Å². The average Bonchev–Trinajstić information content (AvgIpc) is 2.85. The number of nitrogens with one attached hydrogen (secondary N) is 1. The first-order chi connectivity index (χ1) is 11.2. The molecule has 0 radical (unpaired) electrons. The first-order valence-corrected chi connectivity index (χ1v) is 8.34. The molecule has 7 heteroatoms. The lowest BCUT2D eigenvalue weighted by Crippen LogP contribution is -2.28. The Morgan fingerprint density at radius 3 is 2.48 bits per heavy atom. The molecule has 0 aliphatic carbocycles. The Morgan fingerprint density at radius 2 is 1.80 bits per heavy atom. The summed E-state index contributed by atoms with van der Waals surface area (Å²) in [6.07, 6.45) is 0. The largest absolute Gasteiger partial charge is 0.383 e. The third-order valence-corrected chi connectivity index (χ3v) is 4.47.